The van der Waals surface area contributed by atoms with Crippen LogP contribution in [0.4, 0.5) is 0 Å². The normalized spacial score (nSPS) is 19.9. The van der Waals surface area contributed by atoms with Crippen molar-refractivity contribution in [2.24, 2.45) is 5.92 Å². The lowest BCUT2D eigenvalue weighted by Crippen LogP contribution is -2.43. The molecule has 4 heteroatoms. The number of hydrogen-bond donors (Lipinski definition) is 0. The Morgan fingerprint density at radius 3 is 2.50 bits per heavy atom. The highest BCUT2D eigenvalue weighted by molar-refractivity contribution is 6.74. The predicted octanol–water partition coefficient (Wildman–Crippen LogP) is 7.34. The van der Waals surface area contributed by atoms with E-state index in [0.29, 0.717) is 6.42 Å². The van der Waals surface area contributed by atoms with Gasteiger partial charge in [-0.3, -0.25) is 4.79 Å². The van der Waals surface area contributed by atoms with Gasteiger partial charge in [-0.2, -0.15) is 0 Å². The maximum atomic E-state index is 12.4. The van der Waals surface area contributed by atoms with Gasteiger partial charge in [0.2, 0.25) is 0 Å². The quantitative estimate of drug-likeness (QED) is 0.0947. The maximum absolute atomic E-state index is 12.4. The number of rotatable bonds is 14. The molecule has 0 aromatic carbocycles. The van der Waals surface area contributed by atoms with E-state index in [1.165, 1.54) is 19.3 Å². The van der Waals surface area contributed by atoms with Gasteiger partial charge in [0.15, 0.2) is 14.1 Å². The summed E-state index contributed by atoms with van der Waals surface area (Å²) < 4.78 is 6.74. The number of unbranched alkanes of at least 4 members (excludes halogenated alkanes) is 4. The molecule has 0 spiro atoms. The van der Waals surface area contributed by atoms with Crippen LogP contribution in [0.15, 0.2) is 36.0 Å². The molecule has 0 N–H and O–H groups in total. The van der Waals surface area contributed by atoms with E-state index in [1.54, 1.807) is 6.08 Å². The monoisotopic (exact) mass is 432 g/mol. The van der Waals surface area contributed by atoms with Crippen molar-refractivity contribution in [3.63, 3.8) is 0 Å². The summed E-state index contributed by atoms with van der Waals surface area (Å²) in [4.78, 5) is 22.8. The highest BCUT2D eigenvalue weighted by Crippen LogP contribution is 2.38. The van der Waals surface area contributed by atoms with Crippen molar-refractivity contribution in [3.05, 3.63) is 36.0 Å². The van der Waals surface area contributed by atoms with E-state index >= 15 is 0 Å². The molecule has 1 aliphatic rings. The summed E-state index contributed by atoms with van der Waals surface area (Å²) in [5, 5.41) is 0.186. The molecule has 0 radical (unpaired) electrons. The van der Waals surface area contributed by atoms with Crippen molar-refractivity contribution in [1.29, 1.82) is 0 Å². The van der Waals surface area contributed by atoms with Crippen LogP contribution in [0, 0.1) is 5.92 Å². The first-order valence-electron chi connectivity index (χ1n) is 11.8. The van der Waals surface area contributed by atoms with Gasteiger partial charge in [0.25, 0.3) is 0 Å². The van der Waals surface area contributed by atoms with E-state index in [4.69, 9.17) is 4.43 Å². The SMILES string of the molecule is CCCCC[C@@H](C/C=C1\C(=O)C=C[C@@H]1C/C=C\CCCC=O)O[Si](C)(C)C(C)(C)C. The molecule has 0 aliphatic heterocycles. The van der Waals surface area contributed by atoms with E-state index in [2.05, 4.69) is 59.0 Å². The average molecular weight is 433 g/mol. The third-order valence-electron chi connectivity index (χ3n) is 6.41. The lowest BCUT2D eigenvalue weighted by Gasteiger charge is -2.39. The van der Waals surface area contributed by atoms with Crippen LogP contribution < -0.4 is 0 Å². The average Bonchev–Trinajstić information content (AvgIpc) is 3.01. The minimum absolute atomic E-state index is 0.147. The number of allylic oxidation sites excluding steroid dienone is 5. The largest absolute Gasteiger partial charge is 0.414 e. The van der Waals surface area contributed by atoms with Crippen LogP contribution in [0.2, 0.25) is 18.1 Å². The fourth-order valence-corrected chi connectivity index (χ4v) is 4.82. The number of carbonyl (C=O) groups excluding carboxylic acids is 2. The molecule has 170 valence electrons. The molecule has 0 amide bonds. The lowest BCUT2D eigenvalue weighted by atomic mass is 9.95. The molecule has 0 aromatic heterocycles. The molecule has 0 unspecified atom stereocenters. The number of aldehydes is 1. The predicted molar refractivity (Wildman–Crippen MR) is 130 cm³/mol. The Balaban J connectivity index is 2.77. The third-order valence-corrected chi connectivity index (χ3v) is 10.9. The first-order chi connectivity index (χ1) is 14.1. The standard InChI is InChI=1S/C26H44O3Si/c1-7-8-12-16-23(29-30(5,6)26(2,3)4)18-19-24-22(17-20-25(24)28)15-13-10-9-11-14-21-27/h10,13,17,19-23H,7-9,11-12,14-16,18H2,1-6H3/b13-10-,24-19-/t22-,23-/m0/s1. The molecule has 3 nitrogen and oxygen atoms in total. The first-order valence-corrected chi connectivity index (χ1v) is 14.7. The van der Waals surface area contributed by atoms with Gasteiger partial charge in [0, 0.05) is 24.0 Å². The summed E-state index contributed by atoms with van der Waals surface area (Å²) >= 11 is 0. The third kappa shape index (κ3) is 9.26. The maximum Gasteiger partial charge on any atom is 0.192 e. The summed E-state index contributed by atoms with van der Waals surface area (Å²) in [6.45, 7) is 13.7. The molecule has 0 fully saturated rings. The zero-order valence-corrected chi connectivity index (χ0v) is 21.2. The second-order valence-corrected chi connectivity index (χ2v) is 14.8. The number of ketones is 1. The molecule has 0 saturated heterocycles. The Kier molecular flexibility index (Phi) is 11.8. The molecular weight excluding hydrogens is 388 g/mol. The van der Waals surface area contributed by atoms with Crippen LogP contribution >= 0.6 is 0 Å². The van der Waals surface area contributed by atoms with Gasteiger partial charge in [-0.25, -0.2) is 0 Å². The van der Waals surface area contributed by atoms with Crippen LogP contribution in [0.25, 0.3) is 0 Å². The van der Waals surface area contributed by atoms with Crippen molar-refractivity contribution in [2.75, 3.05) is 0 Å². The molecule has 2 atom stereocenters. The van der Waals surface area contributed by atoms with Crippen molar-refractivity contribution in [1.82, 2.24) is 0 Å². The molecule has 0 bridgehead atoms. The van der Waals surface area contributed by atoms with Crippen molar-refractivity contribution < 1.29 is 14.0 Å². The fraction of sp³-hybridized carbons (Fsp3) is 0.692. The van der Waals surface area contributed by atoms with Gasteiger partial charge in [0.05, 0.1) is 0 Å². The lowest BCUT2D eigenvalue weighted by molar-refractivity contribution is -0.111. The van der Waals surface area contributed by atoms with E-state index in [-0.39, 0.29) is 22.8 Å². The Hall–Kier alpha value is -1.26. The van der Waals surface area contributed by atoms with Crippen LogP contribution in [0.3, 0.4) is 0 Å². The van der Waals surface area contributed by atoms with Crippen molar-refractivity contribution >= 4 is 20.4 Å². The second kappa shape index (κ2) is 13.2. The summed E-state index contributed by atoms with van der Waals surface area (Å²) in [5.41, 5.74) is 0.923. The van der Waals surface area contributed by atoms with Gasteiger partial charge in [0.1, 0.15) is 6.29 Å². The molecule has 1 rings (SSSR count). The highest BCUT2D eigenvalue weighted by atomic mass is 28.4. The van der Waals surface area contributed by atoms with Gasteiger partial charge in [-0.05, 0) is 56.3 Å². The second-order valence-electron chi connectivity index (χ2n) is 10.0. The van der Waals surface area contributed by atoms with Gasteiger partial charge in [-0.15, -0.1) is 0 Å². The summed E-state index contributed by atoms with van der Waals surface area (Å²) in [5.74, 6) is 0.318. The van der Waals surface area contributed by atoms with Gasteiger partial charge in [-0.1, -0.05) is 71.3 Å². The van der Waals surface area contributed by atoms with Crippen LogP contribution in [-0.2, 0) is 14.0 Å². The van der Waals surface area contributed by atoms with Crippen molar-refractivity contribution in [3.8, 4) is 0 Å². The molecule has 0 aromatic rings. The molecule has 1 aliphatic carbocycles. The first kappa shape index (κ1) is 26.8. The van der Waals surface area contributed by atoms with Crippen LogP contribution in [0.5, 0.6) is 0 Å². The van der Waals surface area contributed by atoms with Crippen LogP contribution in [0.1, 0.15) is 85.5 Å². The van der Waals surface area contributed by atoms with Gasteiger partial charge >= 0.3 is 0 Å². The number of hydrogen-bond acceptors (Lipinski definition) is 3. The Morgan fingerprint density at radius 2 is 1.87 bits per heavy atom. The van der Waals surface area contributed by atoms with E-state index < -0.39 is 8.32 Å². The van der Waals surface area contributed by atoms with E-state index in [9.17, 15) is 9.59 Å². The zero-order valence-electron chi connectivity index (χ0n) is 20.2. The molecule has 0 saturated carbocycles. The topological polar surface area (TPSA) is 43.4 Å². The Bertz CT molecular complexity index is 623. The molecule has 30 heavy (non-hydrogen) atoms. The fourth-order valence-electron chi connectivity index (χ4n) is 3.42. The van der Waals surface area contributed by atoms with E-state index in [0.717, 1.165) is 44.0 Å². The minimum Gasteiger partial charge on any atom is -0.414 e. The molecular formula is C26H44O3Si. The van der Waals surface area contributed by atoms with Crippen molar-refractivity contribution in [2.45, 2.75) is 110 Å². The minimum atomic E-state index is -1.84. The van der Waals surface area contributed by atoms with E-state index in [1.807, 2.05) is 6.08 Å². The zero-order chi connectivity index (χ0) is 22.6. The Labute approximate surface area is 186 Å². The van der Waals surface area contributed by atoms with Crippen LogP contribution in [-0.4, -0.2) is 26.5 Å². The summed E-state index contributed by atoms with van der Waals surface area (Å²) in [6.07, 6.45) is 20.1. The Morgan fingerprint density at radius 1 is 1.13 bits per heavy atom. The summed E-state index contributed by atoms with van der Waals surface area (Å²) in [7, 11) is -1.84. The smallest absolute Gasteiger partial charge is 0.192 e. The number of carbonyl (C=O) groups is 2. The molecule has 0 heterocycles. The van der Waals surface area contributed by atoms with Gasteiger partial charge < -0.3 is 9.22 Å². The highest BCUT2D eigenvalue weighted by Gasteiger charge is 2.39. The summed E-state index contributed by atoms with van der Waals surface area (Å²) in [6, 6.07) is 0.